The number of nitrogens with zero attached hydrogens (tertiary/aromatic N) is 3. The van der Waals surface area contributed by atoms with Crippen molar-refractivity contribution in [2.75, 3.05) is 6.54 Å². The molecular weight excluding hydrogens is 290 g/mol. The van der Waals surface area contributed by atoms with E-state index in [2.05, 4.69) is 18.9 Å². The first kappa shape index (κ1) is 15.8. The highest BCUT2D eigenvalue weighted by Gasteiger charge is 2.33. The first-order valence-corrected chi connectivity index (χ1v) is 8.42. The Morgan fingerprint density at radius 3 is 2.91 bits per heavy atom. The van der Waals surface area contributed by atoms with Gasteiger partial charge in [0.05, 0.1) is 18.7 Å². The van der Waals surface area contributed by atoms with Crippen molar-refractivity contribution >= 4 is 5.91 Å². The highest BCUT2D eigenvalue weighted by molar-refractivity contribution is 5.79. The predicted octanol–water partition coefficient (Wildman–Crippen LogP) is 3.12. The van der Waals surface area contributed by atoms with E-state index in [1.807, 2.05) is 30.3 Å². The maximum atomic E-state index is 12.8. The molecule has 1 fully saturated rings. The standard InChI is InChI=1S/C18H25N3O2/c1-4-15-5-6-17(23-15)16-9-13(2)7-8-21(16)18(22)10-14-11-19-20(3)12-14/h5-6,11-13,16H,4,7-10H2,1-3H3/t13-,16-/m1/s1. The van der Waals surface area contributed by atoms with Crippen molar-refractivity contribution in [1.82, 2.24) is 14.7 Å². The second-order valence-corrected chi connectivity index (χ2v) is 6.59. The van der Waals surface area contributed by atoms with Gasteiger partial charge in [0, 0.05) is 26.2 Å². The Bertz CT molecular complexity index is 673. The minimum Gasteiger partial charge on any atom is -0.464 e. The second-order valence-electron chi connectivity index (χ2n) is 6.59. The largest absolute Gasteiger partial charge is 0.464 e. The fourth-order valence-corrected chi connectivity index (χ4v) is 3.31. The Morgan fingerprint density at radius 2 is 2.26 bits per heavy atom. The van der Waals surface area contributed by atoms with Gasteiger partial charge in [-0.3, -0.25) is 9.48 Å². The Morgan fingerprint density at radius 1 is 1.43 bits per heavy atom. The lowest BCUT2D eigenvalue weighted by molar-refractivity contribution is -0.135. The van der Waals surface area contributed by atoms with Gasteiger partial charge >= 0.3 is 0 Å². The average Bonchev–Trinajstić information content (AvgIpc) is 3.16. The normalized spacial score (nSPS) is 21.6. The van der Waals surface area contributed by atoms with Crippen LogP contribution < -0.4 is 0 Å². The number of carbonyl (C=O) groups is 1. The molecule has 1 saturated heterocycles. The molecule has 2 aromatic heterocycles. The van der Waals surface area contributed by atoms with E-state index in [4.69, 9.17) is 4.42 Å². The zero-order valence-electron chi connectivity index (χ0n) is 14.2. The summed E-state index contributed by atoms with van der Waals surface area (Å²) in [5.74, 6) is 2.67. The van der Waals surface area contributed by atoms with Gasteiger partial charge in [-0.15, -0.1) is 0 Å². The van der Waals surface area contributed by atoms with Gasteiger partial charge in [-0.05, 0) is 36.5 Å². The van der Waals surface area contributed by atoms with E-state index >= 15 is 0 Å². The number of hydrogen-bond donors (Lipinski definition) is 0. The topological polar surface area (TPSA) is 51.3 Å². The second kappa shape index (κ2) is 6.60. The molecule has 3 heterocycles. The van der Waals surface area contributed by atoms with Crippen molar-refractivity contribution < 1.29 is 9.21 Å². The number of aryl methyl sites for hydroxylation is 2. The van der Waals surface area contributed by atoms with Crippen LogP contribution in [0.4, 0.5) is 0 Å². The van der Waals surface area contributed by atoms with Crippen LogP contribution >= 0.6 is 0 Å². The van der Waals surface area contributed by atoms with E-state index in [1.54, 1.807) is 10.9 Å². The van der Waals surface area contributed by atoms with Crippen LogP contribution in [-0.4, -0.2) is 27.1 Å². The molecule has 3 rings (SSSR count). The SMILES string of the molecule is CCc1ccc([C@H]2C[C@H](C)CCN2C(=O)Cc2cnn(C)c2)o1. The van der Waals surface area contributed by atoms with Crippen LogP contribution in [0.1, 0.15) is 49.8 Å². The van der Waals surface area contributed by atoms with Crippen LogP contribution in [0.15, 0.2) is 28.9 Å². The maximum Gasteiger partial charge on any atom is 0.227 e. The molecule has 0 spiro atoms. The van der Waals surface area contributed by atoms with Gasteiger partial charge in [-0.2, -0.15) is 5.10 Å². The molecule has 1 amide bonds. The number of hydrogen-bond acceptors (Lipinski definition) is 3. The van der Waals surface area contributed by atoms with E-state index in [1.165, 1.54) is 0 Å². The summed E-state index contributed by atoms with van der Waals surface area (Å²) in [4.78, 5) is 14.8. The first-order chi connectivity index (χ1) is 11.1. The van der Waals surface area contributed by atoms with Crippen molar-refractivity contribution in [2.24, 2.45) is 13.0 Å². The van der Waals surface area contributed by atoms with Gasteiger partial charge < -0.3 is 9.32 Å². The Labute approximate surface area is 137 Å². The summed E-state index contributed by atoms with van der Waals surface area (Å²) in [6, 6.07) is 4.12. The number of carbonyl (C=O) groups excluding carboxylic acids is 1. The zero-order chi connectivity index (χ0) is 16.4. The lowest BCUT2D eigenvalue weighted by Crippen LogP contribution is -2.41. The number of likely N-dealkylation sites (tertiary alicyclic amines) is 1. The van der Waals surface area contributed by atoms with E-state index in [0.717, 1.165) is 42.9 Å². The molecule has 0 bridgehead atoms. The molecule has 0 saturated carbocycles. The minimum absolute atomic E-state index is 0.0585. The first-order valence-electron chi connectivity index (χ1n) is 8.42. The van der Waals surface area contributed by atoms with Crippen LogP contribution in [0.25, 0.3) is 0 Å². The van der Waals surface area contributed by atoms with Gasteiger partial charge in [0.2, 0.25) is 5.91 Å². The Hall–Kier alpha value is -2.04. The molecule has 0 aliphatic carbocycles. The van der Waals surface area contributed by atoms with Crippen LogP contribution in [0, 0.1) is 5.92 Å². The van der Waals surface area contributed by atoms with E-state index in [0.29, 0.717) is 12.3 Å². The average molecular weight is 315 g/mol. The summed E-state index contributed by atoms with van der Waals surface area (Å²) in [5, 5.41) is 4.15. The predicted molar refractivity (Wildman–Crippen MR) is 87.9 cm³/mol. The summed E-state index contributed by atoms with van der Waals surface area (Å²) in [5.41, 5.74) is 0.962. The van der Waals surface area contributed by atoms with Gasteiger partial charge in [0.15, 0.2) is 0 Å². The number of amides is 1. The molecule has 0 radical (unpaired) electrons. The summed E-state index contributed by atoms with van der Waals surface area (Å²) in [6.07, 6.45) is 6.97. The molecule has 5 nitrogen and oxygen atoms in total. The van der Waals surface area contributed by atoms with Crippen molar-refractivity contribution in [1.29, 1.82) is 0 Å². The third-order valence-electron chi connectivity index (χ3n) is 4.66. The van der Waals surface area contributed by atoms with Gasteiger partial charge in [0.1, 0.15) is 11.5 Å². The van der Waals surface area contributed by atoms with Gasteiger partial charge in [-0.1, -0.05) is 13.8 Å². The summed E-state index contributed by atoms with van der Waals surface area (Å²) in [7, 11) is 1.87. The summed E-state index contributed by atoms with van der Waals surface area (Å²) < 4.78 is 7.68. The quantitative estimate of drug-likeness (QED) is 0.871. The van der Waals surface area contributed by atoms with Crippen molar-refractivity contribution in [2.45, 2.75) is 45.6 Å². The highest BCUT2D eigenvalue weighted by Crippen LogP contribution is 2.35. The van der Waals surface area contributed by atoms with Crippen molar-refractivity contribution in [3.63, 3.8) is 0 Å². The zero-order valence-corrected chi connectivity index (χ0v) is 14.2. The number of piperidine rings is 1. The minimum atomic E-state index is 0.0585. The van der Waals surface area contributed by atoms with E-state index < -0.39 is 0 Å². The molecule has 2 atom stereocenters. The highest BCUT2D eigenvalue weighted by atomic mass is 16.3. The molecule has 1 aliphatic rings. The lowest BCUT2D eigenvalue weighted by Gasteiger charge is -2.37. The van der Waals surface area contributed by atoms with Gasteiger partial charge in [0.25, 0.3) is 0 Å². The van der Waals surface area contributed by atoms with E-state index in [-0.39, 0.29) is 11.9 Å². The third-order valence-corrected chi connectivity index (χ3v) is 4.66. The number of aromatic nitrogens is 2. The fourth-order valence-electron chi connectivity index (χ4n) is 3.31. The molecule has 5 heteroatoms. The molecular formula is C18H25N3O2. The summed E-state index contributed by atoms with van der Waals surface area (Å²) in [6.45, 7) is 5.13. The molecule has 0 N–H and O–H groups in total. The molecule has 124 valence electrons. The molecule has 23 heavy (non-hydrogen) atoms. The number of furan rings is 1. The summed E-state index contributed by atoms with van der Waals surface area (Å²) >= 11 is 0. The van der Waals surface area contributed by atoms with E-state index in [9.17, 15) is 4.79 Å². The van der Waals surface area contributed by atoms with Crippen molar-refractivity contribution in [3.8, 4) is 0 Å². The van der Waals surface area contributed by atoms with Crippen LogP contribution in [0.2, 0.25) is 0 Å². The maximum absolute atomic E-state index is 12.8. The number of rotatable bonds is 4. The van der Waals surface area contributed by atoms with Crippen molar-refractivity contribution in [3.05, 3.63) is 41.6 Å². The Balaban J connectivity index is 1.78. The molecule has 1 aliphatic heterocycles. The van der Waals surface area contributed by atoms with Crippen LogP contribution in [0.5, 0.6) is 0 Å². The molecule has 0 aromatic carbocycles. The molecule has 2 aromatic rings. The lowest BCUT2D eigenvalue weighted by atomic mass is 9.90. The monoisotopic (exact) mass is 315 g/mol. The van der Waals surface area contributed by atoms with Gasteiger partial charge in [-0.25, -0.2) is 0 Å². The van der Waals surface area contributed by atoms with Crippen LogP contribution in [0.3, 0.4) is 0 Å². The fraction of sp³-hybridized carbons (Fsp3) is 0.556. The molecule has 0 unspecified atom stereocenters. The Kier molecular flexibility index (Phi) is 4.55. The third kappa shape index (κ3) is 3.49. The smallest absolute Gasteiger partial charge is 0.227 e. The van der Waals surface area contributed by atoms with Crippen LogP contribution in [-0.2, 0) is 24.7 Å².